The van der Waals surface area contributed by atoms with Gasteiger partial charge >= 0.3 is 5.97 Å². The third-order valence-corrected chi connectivity index (χ3v) is 8.30. The van der Waals surface area contributed by atoms with Crippen LogP contribution in [0.5, 0.6) is 0 Å². The van der Waals surface area contributed by atoms with E-state index in [1.54, 1.807) is 12.1 Å². The van der Waals surface area contributed by atoms with Crippen LogP contribution in [0, 0.1) is 5.82 Å². The van der Waals surface area contributed by atoms with Crippen molar-refractivity contribution in [3.05, 3.63) is 93.9 Å². The van der Waals surface area contributed by atoms with E-state index in [0.717, 1.165) is 31.8 Å². The van der Waals surface area contributed by atoms with Crippen LogP contribution < -0.4 is 0 Å². The summed E-state index contributed by atoms with van der Waals surface area (Å²) < 4.78 is 19.5. The Hall–Kier alpha value is -3.43. The molecule has 204 valence electrons. The van der Waals surface area contributed by atoms with Crippen molar-refractivity contribution in [3.63, 3.8) is 0 Å². The van der Waals surface area contributed by atoms with Crippen LogP contribution in [0.3, 0.4) is 0 Å². The number of amidine groups is 1. The maximum atomic E-state index is 14.3. The predicted molar refractivity (Wildman–Crippen MR) is 151 cm³/mol. The molecule has 0 spiro atoms. The number of rotatable bonds is 8. The van der Waals surface area contributed by atoms with Gasteiger partial charge in [-0.1, -0.05) is 61.2 Å². The molecule has 2 aromatic rings. The average molecular weight is 549 g/mol. The zero-order chi connectivity index (χ0) is 27.4. The maximum Gasteiger partial charge on any atom is 0.338 e. The highest BCUT2D eigenvalue weighted by molar-refractivity contribution is 8.16. The SMILES string of the molecule is CCC1=C(C(=O)OC)[C@@H](c2cccc(F)c2)N2C(CC(=O)N3CCN(CCc4ccccc4)CC3)=CSC2=N1. The number of allylic oxidation sites excluding steroid dienone is 1. The lowest BCUT2D eigenvalue weighted by Crippen LogP contribution is -2.49. The number of hydrogen-bond donors (Lipinski definition) is 0. The number of thioether (sulfide) groups is 1. The molecule has 3 aliphatic heterocycles. The van der Waals surface area contributed by atoms with Crippen molar-refractivity contribution >= 4 is 28.8 Å². The molecule has 0 bridgehead atoms. The fourth-order valence-corrected chi connectivity index (χ4v) is 6.26. The van der Waals surface area contributed by atoms with Crippen LogP contribution >= 0.6 is 11.8 Å². The first-order chi connectivity index (χ1) is 19.0. The van der Waals surface area contributed by atoms with Gasteiger partial charge in [0.25, 0.3) is 0 Å². The van der Waals surface area contributed by atoms with Gasteiger partial charge in [0.05, 0.1) is 30.8 Å². The summed E-state index contributed by atoms with van der Waals surface area (Å²) in [4.78, 5) is 37.4. The monoisotopic (exact) mass is 548 g/mol. The van der Waals surface area contributed by atoms with E-state index in [1.807, 2.05) is 28.2 Å². The van der Waals surface area contributed by atoms with Crippen LogP contribution in [0.4, 0.5) is 4.39 Å². The number of aliphatic imine (C=N–C) groups is 1. The third kappa shape index (κ3) is 5.94. The minimum absolute atomic E-state index is 0.0358. The molecule has 1 atom stereocenters. The van der Waals surface area contributed by atoms with Crippen molar-refractivity contribution in [1.29, 1.82) is 0 Å². The minimum Gasteiger partial charge on any atom is -0.466 e. The summed E-state index contributed by atoms with van der Waals surface area (Å²) in [6, 6.07) is 16.1. The molecule has 0 unspecified atom stereocenters. The Bertz CT molecular complexity index is 1320. The summed E-state index contributed by atoms with van der Waals surface area (Å²) >= 11 is 1.43. The second kappa shape index (κ2) is 12.2. The van der Waals surface area contributed by atoms with E-state index in [0.29, 0.717) is 41.5 Å². The molecule has 1 fully saturated rings. The number of amides is 1. The topological polar surface area (TPSA) is 65.5 Å². The van der Waals surface area contributed by atoms with Crippen molar-refractivity contribution in [3.8, 4) is 0 Å². The van der Waals surface area contributed by atoms with Crippen LogP contribution in [0.2, 0.25) is 0 Å². The number of piperazine rings is 1. The molecule has 0 N–H and O–H groups in total. The van der Waals surface area contributed by atoms with Crippen LogP contribution in [0.25, 0.3) is 0 Å². The van der Waals surface area contributed by atoms with Gasteiger partial charge in [0.15, 0.2) is 5.17 Å². The number of methoxy groups -OCH3 is 1. The number of halogens is 1. The third-order valence-electron chi connectivity index (χ3n) is 7.41. The molecule has 7 nitrogen and oxygen atoms in total. The average Bonchev–Trinajstić information content (AvgIpc) is 3.37. The second-order valence-corrected chi connectivity index (χ2v) is 10.6. The molecular weight excluding hydrogens is 515 g/mol. The predicted octanol–water partition coefficient (Wildman–Crippen LogP) is 4.74. The first-order valence-electron chi connectivity index (χ1n) is 13.3. The van der Waals surface area contributed by atoms with Gasteiger partial charge < -0.3 is 14.5 Å². The van der Waals surface area contributed by atoms with E-state index in [4.69, 9.17) is 9.73 Å². The Morgan fingerprint density at radius 3 is 2.54 bits per heavy atom. The number of carbonyl (C=O) groups is 2. The van der Waals surface area contributed by atoms with E-state index in [-0.39, 0.29) is 12.3 Å². The summed E-state index contributed by atoms with van der Waals surface area (Å²) in [6.45, 7) is 5.93. The van der Waals surface area contributed by atoms with Crippen molar-refractivity contribution < 1.29 is 18.7 Å². The molecule has 1 saturated heterocycles. The Balaban J connectivity index is 1.29. The Morgan fingerprint density at radius 2 is 1.85 bits per heavy atom. The number of esters is 1. The van der Waals surface area contributed by atoms with E-state index < -0.39 is 17.8 Å². The van der Waals surface area contributed by atoms with E-state index >= 15 is 0 Å². The van der Waals surface area contributed by atoms with Gasteiger partial charge in [-0.3, -0.25) is 9.69 Å². The molecule has 39 heavy (non-hydrogen) atoms. The molecular formula is C30H33FN4O3S. The number of carbonyl (C=O) groups excluding carboxylic acids is 2. The zero-order valence-electron chi connectivity index (χ0n) is 22.3. The summed E-state index contributed by atoms with van der Waals surface area (Å²) in [7, 11) is 1.34. The van der Waals surface area contributed by atoms with Gasteiger partial charge in [0, 0.05) is 38.4 Å². The lowest BCUT2D eigenvalue weighted by molar-refractivity contribution is -0.136. The first kappa shape index (κ1) is 27.1. The number of benzene rings is 2. The lowest BCUT2D eigenvalue weighted by Gasteiger charge is -2.38. The van der Waals surface area contributed by atoms with Crippen molar-refractivity contribution in [2.24, 2.45) is 4.99 Å². The van der Waals surface area contributed by atoms with E-state index in [2.05, 4.69) is 29.2 Å². The first-order valence-corrected chi connectivity index (χ1v) is 14.2. The summed E-state index contributed by atoms with van der Waals surface area (Å²) in [5.74, 6) is -0.857. The molecule has 1 amide bonds. The second-order valence-electron chi connectivity index (χ2n) is 9.79. The molecule has 0 saturated carbocycles. The maximum absolute atomic E-state index is 14.3. The van der Waals surface area contributed by atoms with Crippen LogP contribution in [-0.4, -0.2) is 71.6 Å². The fourth-order valence-electron chi connectivity index (χ4n) is 5.32. The fraction of sp³-hybridized carbons (Fsp3) is 0.367. The van der Waals surface area contributed by atoms with Crippen molar-refractivity contribution in [1.82, 2.24) is 14.7 Å². The van der Waals surface area contributed by atoms with Crippen molar-refractivity contribution in [2.75, 3.05) is 39.8 Å². The smallest absolute Gasteiger partial charge is 0.338 e. The summed E-state index contributed by atoms with van der Waals surface area (Å²) in [6.07, 6.45) is 1.70. The van der Waals surface area contributed by atoms with E-state index in [1.165, 1.54) is 36.6 Å². The van der Waals surface area contributed by atoms with Gasteiger partial charge in [-0.2, -0.15) is 0 Å². The Morgan fingerprint density at radius 1 is 1.08 bits per heavy atom. The van der Waals surface area contributed by atoms with Gasteiger partial charge in [-0.15, -0.1) is 0 Å². The molecule has 3 aliphatic rings. The summed E-state index contributed by atoms with van der Waals surface area (Å²) in [5.41, 5.74) is 3.67. The summed E-state index contributed by atoms with van der Waals surface area (Å²) in [5, 5.41) is 2.61. The molecule has 3 heterocycles. The minimum atomic E-state index is -0.625. The van der Waals surface area contributed by atoms with Crippen LogP contribution in [-0.2, 0) is 20.7 Å². The molecule has 5 rings (SSSR count). The Labute approximate surface area is 233 Å². The van der Waals surface area contributed by atoms with Gasteiger partial charge in [-0.25, -0.2) is 14.2 Å². The Kier molecular flexibility index (Phi) is 8.47. The largest absolute Gasteiger partial charge is 0.466 e. The lowest BCUT2D eigenvalue weighted by atomic mass is 9.92. The number of nitrogens with zero attached hydrogens (tertiary/aromatic N) is 4. The highest BCUT2D eigenvalue weighted by Gasteiger charge is 2.42. The molecule has 0 aliphatic carbocycles. The quantitative estimate of drug-likeness (QED) is 0.444. The molecule has 9 heteroatoms. The molecule has 0 radical (unpaired) electrons. The number of hydrogen-bond acceptors (Lipinski definition) is 7. The van der Waals surface area contributed by atoms with E-state index in [9.17, 15) is 14.0 Å². The standard InChI is InChI=1S/C30H33FN4O3S/c1-3-25-27(29(37)38-2)28(22-10-7-11-23(31)18-22)35-24(20-39-30(35)32-25)19-26(36)34-16-14-33(15-17-34)13-12-21-8-5-4-6-9-21/h4-11,18,20,28H,3,12-17,19H2,1-2H3/t28-/m1/s1. The highest BCUT2D eigenvalue weighted by atomic mass is 32.2. The normalized spacial score (nSPS) is 19.5. The highest BCUT2D eigenvalue weighted by Crippen LogP contribution is 2.45. The van der Waals surface area contributed by atoms with Crippen LogP contribution in [0.15, 0.2) is 82.0 Å². The zero-order valence-corrected chi connectivity index (χ0v) is 23.1. The van der Waals surface area contributed by atoms with Gasteiger partial charge in [0.2, 0.25) is 5.91 Å². The molecule has 2 aromatic carbocycles. The number of ether oxygens (including phenoxy) is 1. The van der Waals surface area contributed by atoms with Crippen LogP contribution in [0.1, 0.15) is 36.9 Å². The molecule has 0 aromatic heterocycles. The van der Waals surface area contributed by atoms with Gasteiger partial charge in [-0.05, 0) is 41.5 Å². The number of fused-ring (bicyclic) bond motifs is 1. The van der Waals surface area contributed by atoms with Gasteiger partial charge in [0.1, 0.15) is 5.82 Å². The van der Waals surface area contributed by atoms with Crippen molar-refractivity contribution in [2.45, 2.75) is 32.2 Å².